The molecule has 98 valence electrons. The van der Waals surface area contributed by atoms with Gasteiger partial charge in [0.25, 0.3) is 0 Å². The van der Waals surface area contributed by atoms with Crippen LogP contribution in [0.3, 0.4) is 0 Å². The van der Waals surface area contributed by atoms with Crippen LogP contribution in [0.2, 0.25) is 0 Å². The highest BCUT2D eigenvalue weighted by Gasteiger charge is 2.19. The highest BCUT2D eigenvalue weighted by Crippen LogP contribution is 2.31. The molecular weight excluding hydrogens is 227 g/mol. The molecule has 0 saturated carbocycles. The summed E-state index contributed by atoms with van der Waals surface area (Å²) in [6.45, 7) is 7.28. The fourth-order valence-electron chi connectivity index (χ4n) is 2.63. The van der Waals surface area contributed by atoms with E-state index in [9.17, 15) is 4.39 Å². The molecule has 0 bridgehead atoms. The van der Waals surface area contributed by atoms with Gasteiger partial charge in [-0.25, -0.2) is 4.39 Å². The van der Waals surface area contributed by atoms with Gasteiger partial charge in [0, 0.05) is 17.1 Å². The van der Waals surface area contributed by atoms with Crippen LogP contribution in [0.1, 0.15) is 44.5 Å². The maximum atomic E-state index is 13.8. The van der Waals surface area contributed by atoms with E-state index >= 15 is 0 Å². The van der Waals surface area contributed by atoms with Crippen LogP contribution in [0, 0.1) is 5.82 Å². The molecule has 2 nitrogen and oxygen atoms in total. The average molecular weight is 248 g/mol. The summed E-state index contributed by atoms with van der Waals surface area (Å²) in [6.07, 6.45) is 1.90. The second kappa shape index (κ2) is 5.53. The largest absolute Gasteiger partial charge is 0.356 e. The van der Waals surface area contributed by atoms with Crippen LogP contribution in [0.5, 0.6) is 0 Å². The molecule has 1 heterocycles. The lowest BCUT2D eigenvalue weighted by atomic mass is 9.99. The van der Waals surface area contributed by atoms with Gasteiger partial charge in [-0.3, -0.25) is 0 Å². The van der Waals surface area contributed by atoms with Crippen LogP contribution >= 0.6 is 0 Å². The zero-order valence-electron chi connectivity index (χ0n) is 11.3. The zero-order chi connectivity index (χ0) is 13.1. The van der Waals surface area contributed by atoms with Gasteiger partial charge in [0.1, 0.15) is 5.82 Å². The van der Waals surface area contributed by atoms with E-state index in [-0.39, 0.29) is 5.82 Å². The Hall–Kier alpha value is -1.35. The maximum Gasteiger partial charge on any atom is 0.147 e. The van der Waals surface area contributed by atoms with Gasteiger partial charge < -0.3 is 10.3 Å². The van der Waals surface area contributed by atoms with Crippen LogP contribution in [0.25, 0.3) is 10.9 Å². The summed E-state index contributed by atoms with van der Waals surface area (Å²) >= 11 is 0. The second-order valence-electron chi connectivity index (χ2n) is 4.55. The Morgan fingerprint density at radius 1 is 1.28 bits per heavy atom. The number of aromatic amines is 1. The lowest BCUT2D eigenvalue weighted by Gasteiger charge is -2.17. The Bertz CT molecular complexity index is 531. The van der Waals surface area contributed by atoms with Gasteiger partial charge in [-0.15, -0.1) is 0 Å². The molecule has 0 radical (unpaired) electrons. The first kappa shape index (κ1) is 13.1. The van der Waals surface area contributed by atoms with Gasteiger partial charge in [-0.05, 0) is 31.0 Å². The molecule has 0 aliphatic heterocycles. The molecular formula is C15H21FN2. The number of fused-ring (bicyclic) bond motifs is 1. The Morgan fingerprint density at radius 3 is 2.67 bits per heavy atom. The minimum absolute atomic E-state index is 0.167. The van der Waals surface area contributed by atoms with Crippen molar-refractivity contribution in [3.8, 4) is 0 Å². The Morgan fingerprint density at radius 2 is 2.06 bits per heavy atom. The van der Waals surface area contributed by atoms with Gasteiger partial charge in [0.2, 0.25) is 0 Å². The molecule has 0 amide bonds. The molecule has 2 N–H and O–H groups in total. The zero-order valence-corrected chi connectivity index (χ0v) is 11.3. The van der Waals surface area contributed by atoms with Crippen LogP contribution in [-0.4, -0.2) is 11.5 Å². The predicted molar refractivity (Wildman–Crippen MR) is 74.3 cm³/mol. The highest BCUT2D eigenvalue weighted by atomic mass is 19.1. The normalized spacial score (nSPS) is 13.1. The van der Waals surface area contributed by atoms with Gasteiger partial charge in [0.05, 0.1) is 5.52 Å². The number of nitrogens with one attached hydrogen (secondary N) is 2. The van der Waals surface area contributed by atoms with E-state index in [1.165, 1.54) is 11.6 Å². The number of hydrogen-bond donors (Lipinski definition) is 2. The summed E-state index contributed by atoms with van der Waals surface area (Å²) in [4.78, 5) is 3.24. The van der Waals surface area contributed by atoms with Crippen LogP contribution in [-0.2, 0) is 6.42 Å². The molecule has 2 rings (SSSR count). The highest BCUT2D eigenvalue weighted by molar-refractivity contribution is 5.85. The van der Waals surface area contributed by atoms with Crippen LogP contribution in [0.15, 0.2) is 18.2 Å². The maximum absolute atomic E-state index is 13.8. The molecule has 1 unspecified atom stereocenters. The first-order valence-electron chi connectivity index (χ1n) is 6.75. The van der Waals surface area contributed by atoms with Crippen LogP contribution < -0.4 is 5.32 Å². The molecule has 18 heavy (non-hydrogen) atoms. The third-order valence-corrected chi connectivity index (χ3v) is 3.47. The third-order valence-electron chi connectivity index (χ3n) is 3.47. The molecule has 1 atom stereocenters. The lowest BCUT2D eigenvalue weighted by Crippen LogP contribution is -2.20. The van der Waals surface area contributed by atoms with Gasteiger partial charge in [-0.1, -0.05) is 32.9 Å². The van der Waals surface area contributed by atoms with Crippen molar-refractivity contribution >= 4 is 10.9 Å². The first-order valence-corrected chi connectivity index (χ1v) is 6.75. The fourth-order valence-corrected chi connectivity index (χ4v) is 2.63. The Labute approximate surface area is 108 Å². The monoisotopic (exact) mass is 248 g/mol. The minimum atomic E-state index is -0.167. The summed E-state index contributed by atoms with van der Waals surface area (Å²) in [6, 6.07) is 5.59. The van der Waals surface area contributed by atoms with E-state index < -0.39 is 0 Å². The minimum Gasteiger partial charge on any atom is -0.356 e. The van der Waals surface area contributed by atoms with Crippen molar-refractivity contribution in [3.05, 3.63) is 35.3 Å². The summed E-state index contributed by atoms with van der Waals surface area (Å²) < 4.78 is 13.8. The Balaban J connectivity index is 2.62. The van der Waals surface area contributed by atoms with Gasteiger partial charge >= 0.3 is 0 Å². The molecule has 2 aromatic rings. The summed E-state index contributed by atoms with van der Waals surface area (Å²) in [7, 11) is 0. The molecule has 0 spiro atoms. The summed E-state index contributed by atoms with van der Waals surface area (Å²) in [5, 5.41) is 4.49. The molecule has 1 aromatic carbocycles. The Kier molecular flexibility index (Phi) is 4.02. The number of rotatable bonds is 5. The van der Waals surface area contributed by atoms with Gasteiger partial charge in [-0.2, -0.15) is 0 Å². The van der Waals surface area contributed by atoms with Crippen molar-refractivity contribution < 1.29 is 4.39 Å². The van der Waals surface area contributed by atoms with Crippen molar-refractivity contribution in [2.45, 2.75) is 39.7 Å². The number of H-pyrrole nitrogens is 1. The SMILES string of the molecule is CCNC(CC)c1c(CC)[nH]c2c(F)cccc12. The number of aryl methyl sites for hydroxylation is 1. The lowest BCUT2D eigenvalue weighted by molar-refractivity contribution is 0.536. The van der Waals surface area contributed by atoms with E-state index in [1.54, 1.807) is 6.07 Å². The number of aromatic nitrogens is 1. The molecule has 1 aromatic heterocycles. The van der Waals surface area contributed by atoms with E-state index in [0.717, 1.165) is 30.5 Å². The first-order chi connectivity index (χ1) is 8.72. The van der Waals surface area contributed by atoms with Crippen LogP contribution in [0.4, 0.5) is 4.39 Å². The molecule has 0 saturated heterocycles. The number of hydrogen-bond acceptors (Lipinski definition) is 1. The molecule has 0 fully saturated rings. The van der Waals surface area contributed by atoms with E-state index in [2.05, 4.69) is 31.1 Å². The topological polar surface area (TPSA) is 27.8 Å². The van der Waals surface area contributed by atoms with Crippen molar-refractivity contribution in [2.24, 2.45) is 0 Å². The quantitative estimate of drug-likeness (QED) is 0.824. The van der Waals surface area contributed by atoms with Crippen molar-refractivity contribution in [1.29, 1.82) is 0 Å². The van der Waals surface area contributed by atoms with E-state index in [1.807, 2.05) is 6.07 Å². The smallest absolute Gasteiger partial charge is 0.147 e. The molecule has 0 aliphatic rings. The second-order valence-corrected chi connectivity index (χ2v) is 4.55. The molecule has 0 aliphatic carbocycles. The number of para-hydroxylation sites is 1. The van der Waals surface area contributed by atoms with E-state index in [4.69, 9.17) is 0 Å². The average Bonchev–Trinajstić information content (AvgIpc) is 2.76. The van der Waals surface area contributed by atoms with E-state index in [0.29, 0.717) is 11.6 Å². The van der Waals surface area contributed by atoms with Crippen molar-refractivity contribution in [2.75, 3.05) is 6.54 Å². The third kappa shape index (κ3) is 2.15. The van der Waals surface area contributed by atoms with Crippen molar-refractivity contribution in [1.82, 2.24) is 10.3 Å². The van der Waals surface area contributed by atoms with Crippen molar-refractivity contribution in [3.63, 3.8) is 0 Å². The number of benzene rings is 1. The number of halogens is 1. The summed E-state index contributed by atoms with van der Waals surface area (Å²) in [5.74, 6) is -0.167. The predicted octanol–water partition coefficient (Wildman–Crippen LogP) is 3.93. The van der Waals surface area contributed by atoms with Gasteiger partial charge in [0.15, 0.2) is 0 Å². The molecule has 3 heteroatoms. The standard InChI is InChI=1S/C15H21FN2/c1-4-12(17-6-3)14-10-8-7-9-11(16)15(10)18-13(14)5-2/h7-9,12,17-18H,4-6H2,1-3H3. The fraction of sp³-hybridized carbons (Fsp3) is 0.467. The summed E-state index contributed by atoms with van der Waals surface area (Å²) in [5.41, 5.74) is 3.01.